The minimum absolute atomic E-state index is 0.0823. The number of aromatic nitrogens is 1. The fraction of sp³-hybridized carbons (Fsp3) is 0.290. The molecule has 1 aliphatic heterocycles. The first-order valence-electron chi connectivity index (χ1n) is 13.1. The van der Waals surface area contributed by atoms with Gasteiger partial charge in [-0.1, -0.05) is 68.0 Å². The summed E-state index contributed by atoms with van der Waals surface area (Å²) in [6.45, 7) is 2.49. The quantitative estimate of drug-likeness (QED) is 0.372. The lowest BCUT2D eigenvalue weighted by Crippen LogP contribution is -2.51. The van der Waals surface area contributed by atoms with Crippen molar-refractivity contribution < 1.29 is 14.4 Å². The predicted molar refractivity (Wildman–Crippen MR) is 148 cm³/mol. The number of anilines is 1. The number of benzene rings is 2. The van der Waals surface area contributed by atoms with Crippen LogP contribution >= 0.6 is 0 Å². The maximum Gasteiger partial charge on any atom is 0.252 e. The van der Waals surface area contributed by atoms with Gasteiger partial charge in [0.25, 0.3) is 5.91 Å². The minimum Gasteiger partial charge on any atom is -0.340 e. The molecule has 0 radical (unpaired) electrons. The van der Waals surface area contributed by atoms with Crippen LogP contribution in [-0.4, -0.2) is 40.2 Å². The second-order valence-corrected chi connectivity index (χ2v) is 9.45. The van der Waals surface area contributed by atoms with Gasteiger partial charge in [0.05, 0.1) is 6.04 Å². The highest BCUT2D eigenvalue weighted by atomic mass is 16.2. The van der Waals surface area contributed by atoms with Crippen molar-refractivity contribution in [1.29, 1.82) is 0 Å². The molecule has 2 N–H and O–H groups in total. The average molecular weight is 511 g/mol. The highest BCUT2D eigenvalue weighted by molar-refractivity contribution is 5.99. The van der Waals surface area contributed by atoms with E-state index in [2.05, 4.69) is 21.7 Å². The van der Waals surface area contributed by atoms with Gasteiger partial charge in [0.1, 0.15) is 6.04 Å². The van der Waals surface area contributed by atoms with Crippen molar-refractivity contribution in [3.8, 4) is 0 Å². The molecule has 1 aromatic heterocycles. The Kier molecular flexibility index (Phi) is 9.40. The number of pyridine rings is 1. The van der Waals surface area contributed by atoms with E-state index in [9.17, 15) is 14.4 Å². The topological polar surface area (TPSA) is 91.4 Å². The normalized spacial score (nSPS) is 15.5. The van der Waals surface area contributed by atoms with E-state index >= 15 is 0 Å². The van der Waals surface area contributed by atoms with Crippen molar-refractivity contribution in [3.63, 3.8) is 0 Å². The van der Waals surface area contributed by atoms with Crippen LogP contribution < -0.4 is 10.6 Å². The third-order valence-corrected chi connectivity index (χ3v) is 6.61. The van der Waals surface area contributed by atoms with Gasteiger partial charge in [0, 0.05) is 43.0 Å². The Morgan fingerprint density at radius 2 is 1.87 bits per heavy atom. The van der Waals surface area contributed by atoms with Crippen molar-refractivity contribution >= 4 is 23.4 Å². The number of carbonyl (C=O) groups excluding carboxylic acids is 3. The molecule has 2 aromatic carbocycles. The van der Waals surface area contributed by atoms with Gasteiger partial charge < -0.3 is 15.5 Å². The number of hydrogen-bond acceptors (Lipinski definition) is 4. The third kappa shape index (κ3) is 7.16. The first kappa shape index (κ1) is 26.8. The lowest BCUT2D eigenvalue weighted by molar-refractivity contribution is -0.135. The number of hydrogen-bond donors (Lipinski definition) is 2. The lowest BCUT2D eigenvalue weighted by atomic mass is 9.97. The Labute approximate surface area is 224 Å². The van der Waals surface area contributed by atoms with Crippen LogP contribution in [0.25, 0.3) is 0 Å². The largest absolute Gasteiger partial charge is 0.340 e. The van der Waals surface area contributed by atoms with E-state index in [-0.39, 0.29) is 23.8 Å². The molecule has 7 heteroatoms. The molecular weight excluding hydrogens is 476 g/mol. The van der Waals surface area contributed by atoms with E-state index in [1.165, 1.54) is 0 Å². The van der Waals surface area contributed by atoms with Crippen LogP contribution in [0.2, 0.25) is 0 Å². The van der Waals surface area contributed by atoms with Crippen LogP contribution in [-0.2, 0) is 16.0 Å². The fourth-order valence-corrected chi connectivity index (χ4v) is 4.59. The number of nitrogens with one attached hydrogen (secondary N) is 2. The monoisotopic (exact) mass is 510 g/mol. The number of amides is 3. The summed E-state index contributed by atoms with van der Waals surface area (Å²) in [6, 6.07) is 19.4. The van der Waals surface area contributed by atoms with E-state index in [1.54, 1.807) is 36.7 Å². The molecule has 2 heterocycles. The van der Waals surface area contributed by atoms with E-state index < -0.39 is 6.04 Å². The first-order valence-corrected chi connectivity index (χ1v) is 13.1. The molecule has 2 atom stereocenters. The van der Waals surface area contributed by atoms with Crippen molar-refractivity contribution in [3.05, 3.63) is 108 Å². The summed E-state index contributed by atoms with van der Waals surface area (Å²) in [6.07, 6.45) is 10.8. The molecule has 4 rings (SSSR count). The number of nitrogens with zero attached hydrogens (tertiary/aromatic N) is 2. The zero-order valence-electron chi connectivity index (χ0n) is 21.7. The first-order chi connectivity index (χ1) is 18.5. The van der Waals surface area contributed by atoms with E-state index in [4.69, 9.17) is 0 Å². The second kappa shape index (κ2) is 13.3. The van der Waals surface area contributed by atoms with Gasteiger partial charge in [-0.3, -0.25) is 19.4 Å². The van der Waals surface area contributed by atoms with Crippen LogP contribution in [0.1, 0.15) is 60.1 Å². The molecule has 1 aliphatic rings. The van der Waals surface area contributed by atoms with Gasteiger partial charge in [-0.2, -0.15) is 0 Å². The molecule has 3 aromatic rings. The molecule has 0 fully saturated rings. The molecular formula is C31H34N4O3. The van der Waals surface area contributed by atoms with Gasteiger partial charge in [0.2, 0.25) is 11.8 Å². The highest BCUT2D eigenvalue weighted by Crippen LogP contribution is 2.28. The molecule has 196 valence electrons. The van der Waals surface area contributed by atoms with Gasteiger partial charge >= 0.3 is 0 Å². The van der Waals surface area contributed by atoms with E-state index in [0.717, 1.165) is 24.0 Å². The standard InChI is InChI=1S/C31H34N4O3/c1-2-3-17-29(36)33-26-15-9-13-24(21-26)30(37)34-27(20-23-11-5-4-6-12-23)31(38)35-19-8-7-16-28(35)25-14-10-18-32-22-25/h4-15,18,21-22,27-28H,2-3,16-17,19-20H2,1H3,(H,33,36)(H,34,37). The Morgan fingerprint density at radius 1 is 1.03 bits per heavy atom. The summed E-state index contributed by atoms with van der Waals surface area (Å²) >= 11 is 0. The molecule has 3 amide bonds. The SMILES string of the molecule is CCCCC(=O)Nc1cccc(C(=O)NC(Cc2ccccc2)C(=O)N2CC=CCC2c2cccnc2)c1. The van der Waals surface area contributed by atoms with Crippen LogP contribution in [0.3, 0.4) is 0 Å². The molecule has 7 nitrogen and oxygen atoms in total. The van der Waals surface area contributed by atoms with Crippen molar-refractivity contribution in [2.75, 3.05) is 11.9 Å². The van der Waals surface area contributed by atoms with E-state index in [1.807, 2.05) is 60.4 Å². The third-order valence-electron chi connectivity index (χ3n) is 6.61. The van der Waals surface area contributed by atoms with Crippen LogP contribution in [0.4, 0.5) is 5.69 Å². The summed E-state index contributed by atoms with van der Waals surface area (Å²) in [5.74, 6) is -0.597. The summed E-state index contributed by atoms with van der Waals surface area (Å²) < 4.78 is 0. The number of rotatable bonds is 10. The molecule has 38 heavy (non-hydrogen) atoms. The van der Waals surface area contributed by atoms with Crippen molar-refractivity contribution in [2.45, 2.75) is 51.1 Å². The Hall–Kier alpha value is -4.26. The Bertz CT molecular complexity index is 1260. The number of unbranched alkanes of at least 4 members (excludes halogenated alkanes) is 1. The predicted octanol–water partition coefficient (Wildman–Crippen LogP) is 5.08. The lowest BCUT2D eigenvalue weighted by Gasteiger charge is -2.36. The average Bonchev–Trinajstić information content (AvgIpc) is 2.96. The molecule has 0 bridgehead atoms. The zero-order chi connectivity index (χ0) is 26.7. The summed E-state index contributed by atoms with van der Waals surface area (Å²) in [7, 11) is 0. The van der Waals surface area contributed by atoms with Gasteiger partial charge in [-0.05, 0) is 48.2 Å². The Balaban J connectivity index is 1.55. The van der Waals surface area contributed by atoms with Crippen LogP contribution in [0.15, 0.2) is 91.3 Å². The Morgan fingerprint density at radius 3 is 2.63 bits per heavy atom. The maximum absolute atomic E-state index is 14.0. The smallest absolute Gasteiger partial charge is 0.252 e. The summed E-state index contributed by atoms with van der Waals surface area (Å²) in [5.41, 5.74) is 2.85. The highest BCUT2D eigenvalue weighted by Gasteiger charge is 2.32. The van der Waals surface area contributed by atoms with Gasteiger partial charge in [0.15, 0.2) is 0 Å². The van der Waals surface area contributed by atoms with Gasteiger partial charge in [-0.25, -0.2) is 0 Å². The van der Waals surface area contributed by atoms with Crippen molar-refractivity contribution in [1.82, 2.24) is 15.2 Å². The van der Waals surface area contributed by atoms with E-state index in [0.29, 0.717) is 37.1 Å². The van der Waals surface area contributed by atoms with Gasteiger partial charge in [-0.15, -0.1) is 0 Å². The minimum atomic E-state index is -0.765. The number of carbonyl (C=O) groups is 3. The summed E-state index contributed by atoms with van der Waals surface area (Å²) in [5, 5.41) is 5.84. The molecule has 0 spiro atoms. The molecule has 0 saturated heterocycles. The maximum atomic E-state index is 14.0. The zero-order valence-corrected chi connectivity index (χ0v) is 21.7. The second-order valence-electron chi connectivity index (χ2n) is 9.45. The van der Waals surface area contributed by atoms with Crippen LogP contribution in [0.5, 0.6) is 0 Å². The molecule has 0 aliphatic carbocycles. The summed E-state index contributed by atoms with van der Waals surface area (Å²) in [4.78, 5) is 45.6. The molecule has 2 unspecified atom stereocenters. The fourth-order valence-electron chi connectivity index (χ4n) is 4.59. The van der Waals surface area contributed by atoms with Crippen molar-refractivity contribution in [2.24, 2.45) is 0 Å². The van der Waals surface area contributed by atoms with Crippen LogP contribution in [0, 0.1) is 0 Å². The molecule has 0 saturated carbocycles.